The van der Waals surface area contributed by atoms with Gasteiger partial charge in [0.25, 0.3) is 5.91 Å². The van der Waals surface area contributed by atoms with Crippen LogP contribution in [0, 0.1) is 13.8 Å². The molecule has 0 aliphatic heterocycles. The van der Waals surface area contributed by atoms with Crippen LogP contribution in [-0.4, -0.2) is 13.0 Å². The highest BCUT2D eigenvalue weighted by molar-refractivity contribution is 7.21. The number of aryl methyl sites for hydroxylation is 1. The first-order chi connectivity index (χ1) is 11.0. The van der Waals surface area contributed by atoms with E-state index in [2.05, 4.69) is 5.32 Å². The van der Waals surface area contributed by atoms with Crippen LogP contribution in [0.3, 0.4) is 0 Å². The Balaban J connectivity index is 1.98. The molecule has 23 heavy (non-hydrogen) atoms. The third kappa shape index (κ3) is 2.92. The standard InChI is InChI=1S/C18H16ClNO2S/c1-10-5-4-6-14(11(10)2)20-18(21)17-16(19)13-9-12(22-3)7-8-15(13)23-17/h4-9H,1-3H3,(H,20,21). The normalized spacial score (nSPS) is 10.8. The lowest BCUT2D eigenvalue weighted by Gasteiger charge is -2.09. The third-order valence-corrected chi connectivity index (χ3v) is 5.57. The zero-order valence-electron chi connectivity index (χ0n) is 13.1. The van der Waals surface area contributed by atoms with Crippen LogP contribution in [0.25, 0.3) is 10.1 Å². The molecule has 0 bridgehead atoms. The highest BCUT2D eigenvalue weighted by Crippen LogP contribution is 2.37. The van der Waals surface area contributed by atoms with E-state index in [0.29, 0.717) is 9.90 Å². The van der Waals surface area contributed by atoms with Crippen LogP contribution in [0.1, 0.15) is 20.8 Å². The smallest absolute Gasteiger partial charge is 0.267 e. The van der Waals surface area contributed by atoms with Gasteiger partial charge in [0.1, 0.15) is 10.6 Å². The van der Waals surface area contributed by atoms with E-state index >= 15 is 0 Å². The van der Waals surface area contributed by atoms with E-state index < -0.39 is 0 Å². The second-order valence-electron chi connectivity index (χ2n) is 5.31. The Morgan fingerprint density at radius 3 is 2.74 bits per heavy atom. The summed E-state index contributed by atoms with van der Waals surface area (Å²) < 4.78 is 6.18. The quantitative estimate of drug-likeness (QED) is 0.687. The van der Waals surface area contributed by atoms with Crippen molar-refractivity contribution in [2.45, 2.75) is 13.8 Å². The molecular weight excluding hydrogens is 330 g/mol. The summed E-state index contributed by atoms with van der Waals surface area (Å²) in [4.78, 5) is 13.1. The number of carbonyl (C=O) groups excluding carboxylic acids is 1. The molecule has 0 saturated heterocycles. The van der Waals surface area contributed by atoms with Crippen LogP contribution in [0.5, 0.6) is 5.75 Å². The maximum Gasteiger partial charge on any atom is 0.267 e. The van der Waals surface area contributed by atoms with Crippen LogP contribution in [0.2, 0.25) is 5.02 Å². The number of rotatable bonds is 3. The molecule has 0 saturated carbocycles. The molecular formula is C18H16ClNO2S. The monoisotopic (exact) mass is 345 g/mol. The molecule has 118 valence electrons. The number of fused-ring (bicyclic) bond motifs is 1. The molecule has 1 N–H and O–H groups in total. The first kappa shape index (κ1) is 15.8. The van der Waals surface area contributed by atoms with Gasteiger partial charge in [-0.25, -0.2) is 0 Å². The number of halogens is 1. The first-order valence-electron chi connectivity index (χ1n) is 7.15. The van der Waals surface area contributed by atoms with E-state index in [1.165, 1.54) is 11.3 Å². The highest BCUT2D eigenvalue weighted by Gasteiger charge is 2.18. The summed E-state index contributed by atoms with van der Waals surface area (Å²) in [5.41, 5.74) is 3.00. The number of nitrogens with one attached hydrogen (secondary N) is 1. The largest absolute Gasteiger partial charge is 0.497 e. The van der Waals surface area contributed by atoms with E-state index in [4.69, 9.17) is 16.3 Å². The number of hydrogen-bond donors (Lipinski definition) is 1. The maximum absolute atomic E-state index is 12.6. The summed E-state index contributed by atoms with van der Waals surface area (Å²) in [7, 11) is 1.61. The van der Waals surface area contributed by atoms with Gasteiger partial charge in [0.2, 0.25) is 0 Å². The van der Waals surface area contributed by atoms with Crippen LogP contribution < -0.4 is 10.1 Å². The molecule has 1 heterocycles. The fourth-order valence-electron chi connectivity index (χ4n) is 2.39. The van der Waals surface area contributed by atoms with Crippen molar-refractivity contribution in [1.29, 1.82) is 0 Å². The second-order valence-corrected chi connectivity index (χ2v) is 6.74. The minimum absolute atomic E-state index is 0.191. The molecule has 3 rings (SSSR count). The molecule has 0 aliphatic rings. The van der Waals surface area contributed by atoms with Gasteiger partial charge >= 0.3 is 0 Å². The van der Waals surface area contributed by atoms with E-state index in [0.717, 1.165) is 32.6 Å². The lowest BCUT2D eigenvalue weighted by molar-refractivity contribution is 0.103. The summed E-state index contributed by atoms with van der Waals surface area (Å²) in [5, 5.41) is 4.25. The fraction of sp³-hybridized carbons (Fsp3) is 0.167. The summed E-state index contributed by atoms with van der Waals surface area (Å²) in [6, 6.07) is 11.5. The number of carbonyl (C=O) groups is 1. The summed E-state index contributed by atoms with van der Waals surface area (Å²) >= 11 is 7.79. The topological polar surface area (TPSA) is 38.3 Å². The summed E-state index contributed by atoms with van der Waals surface area (Å²) in [5.74, 6) is 0.530. The van der Waals surface area contributed by atoms with Crippen molar-refractivity contribution in [2.75, 3.05) is 12.4 Å². The second kappa shape index (κ2) is 6.22. The Kier molecular flexibility index (Phi) is 4.28. The van der Waals surface area contributed by atoms with Gasteiger partial charge in [-0.05, 0) is 49.2 Å². The Bertz CT molecular complexity index is 901. The molecule has 0 spiro atoms. The molecule has 0 unspecified atom stereocenters. The number of amides is 1. The Hall–Kier alpha value is -2.04. The van der Waals surface area contributed by atoms with Gasteiger partial charge in [-0.2, -0.15) is 0 Å². The van der Waals surface area contributed by atoms with E-state index in [1.54, 1.807) is 7.11 Å². The molecule has 0 fully saturated rings. The molecule has 0 aliphatic carbocycles. The number of ether oxygens (including phenoxy) is 1. The average molecular weight is 346 g/mol. The van der Waals surface area contributed by atoms with E-state index in [-0.39, 0.29) is 5.91 Å². The number of benzene rings is 2. The van der Waals surface area contributed by atoms with E-state index in [1.807, 2.05) is 50.2 Å². The number of anilines is 1. The predicted octanol–water partition coefficient (Wildman–Crippen LogP) is 5.43. The average Bonchev–Trinajstić information content (AvgIpc) is 2.88. The molecule has 3 nitrogen and oxygen atoms in total. The van der Waals surface area contributed by atoms with Crippen molar-refractivity contribution in [2.24, 2.45) is 0 Å². The summed E-state index contributed by atoms with van der Waals surface area (Å²) in [6.45, 7) is 4.01. The molecule has 0 radical (unpaired) electrons. The van der Waals surface area contributed by atoms with E-state index in [9.17, 15) is 4.79 Å². The van der Waals surface area contributed by atoms with Gasteiger partial charge in [-0.3, -0.25) is 4.79 Å². The van der Waals surface area contributed by atoms with Gasteiger partial charge < -0.3 is 10.1 Å². The lowest BCUT2D eigenvalue weighted by Crippen LogP contribution is -2.11. The van der Waals surface area contributed by atoms with Crippen LogP contribution >= 0.6 is 22.9 Å². The Morgan fingerprint density at radius 2 is 2.00 bits per heavy atom. The SMILES string of the molecule is COc1ccc2sc(C(=O)Nc3cccc(C)c3C)c(Cl)c2c1. The van der Waals surface area contributed by atoms with Gasteiger partial charge in [0.05, 0.1) is 12.1 Å². The van der Waals surface area contributed by atoms with Crippen LogP contribution in [0.15, 0.2) is 36.4 Å². The first-order valence-corrected chi connectivity index (χ1v) is 8.34. The zero-order chi connectivity index (χ0) is 16.6. The van der Waals surface area contributed by atoms with Crippen molar-refractivity contribution in [1.82, 2.24) is 0 Å². The molecule has 5 heteroatoms. The minimum atomic E-state index is -0.191. The van der Waals surface area contributed by atoms with Crippen molar-refractivity contribution in [3.63, 3.8) is 0 Å². The van der Waals surface area contributed by atoms with Gasteiger partial charge in [-0.15, -0.1) is 11.3 Å². The molecule has 3 aromatic rings. The maximum atomic E-state index is 12.6. The molecule has 1 amide bonds. The predicted molar refractivity (Wildman–Crippen MR) is 97.3 cm³/mol. The molecule has 0 atom stereocenters. The van der Waals surface area contributed by atoms with Crippen molar-refractivity contribution in [3.05, 3.63) is 57.4 Å². The van der Waals surface area contributed by atoms with Gasteiger partial charge in [-0.1, -0.05) is 23.7 Å². The number of thiophene rings is 1. The minimum Gasteiger partial charge on any atom is -0.497 e. The number of methoxy groups -OCH3 is 1. The van der Waals surface area contributed by atoms with Crippen molar-refractivity contribution < 1.29 is 9.53 Å². The molecule has 1 aromatic heterocycles. The number of hydrogen-bond acceptors (Lipinski definition) is 3. The van der Waals surface area contributed by atoms with Crippen LogP contribution in [-0.2, 0) is 0 Å². The summed E-state index contributed by atoms with van der Waals surface area (Å²) in [6.07, 6.45) is 0. The Morgan fingerprint density at radius 1 is 1.22 bits per heavy atom. The van der Waals surface area contributed by atoms with Gasteiger partial charge in [0.15, 0.2) is 0 Å². The molecule has 2 aromatic carbocycles. The third-order valence-electron chi connectivity index (χ3n) is 3.89. The Labute approximate surface area is 143 Å². The van der Waals surface area contributed by atoms with Crippen molar-refractivity contribution >= 4 is 44.6 Å². The van der Waals surface area contributed by atoms with Crippen LogP contribution in [0.4, 0.5) is 5.69 Å². The highest BCUT2D eigenvalue weighted by atomic mass is 35.5. The van der Waals surface area contributed by atoms with Gasteiger partial charge in [0, 0.05) is 15.8 Å². The fourth-order valence-corrected chi connectivity index (χ4v) is 3.77. The zero-order valence-corrected chi connectivity index (χ0v) is 14.6. The van der Waals surface area contributed by atoms with Crippen molar-refractivity contribution in [3.8, 4) is 5.75 Å². The lowest BCUT2D eigenvalue weighted by atomic mass is 10.1.